The molecule has 1 amide bonds. The van der Waals surface area contributed by atoms with Crippen LogP contribution in [-0.4, -0.2) is 74.1 Å². The third-order valence-electron chi connectivity index (χ3n) is 6.57. The van der Waals surface area contributed by atoms with Gasteiger partial charge in [-0.3, -0.25) is 9.36 Å². The van der Waals surface area contributed by atoms with E-state index in [0.29, 0.717) is 11.2 Å². The number of rotatable bonds is 2. The van der Waals surface area contributed by atoms with Gasteiger partial charge in [0.2, 0.25) is 0 Å². The van der Waals surface area contributed by atoms with Crippen LogP contribution in [0.1, 0.15) is 41.5 Å². The number of imidazole rings is 1. The summed E-state index contributed by atoms with van der Waals surface area (Å²) in [6.45, 7) is 11.0. The number of nitrogens with two attached hydrogens (primary N) is 1. The minimum Gasteiger partial charge on any atom is -0.346 e. The van der Waals surface area contributed by atoms with Crippen molar-refractivity contribution in [1.29, 1.82) is 0 Å². The van der Waals surface area contributed by atoms with Gasteiger partial charge in [0, 0.05) is 14.1 Å². The van der Waals surface area contributed by atoms with Crippen molar-refractivity contribution in [1.82, 2.24) is 24.4 Å². The van der Waals surface area contributed by atoms with Crippen LogP contribution in [0.15, 0.2) is 12.7 Å². The number of nitrogens with zero attached hydrogens (tertiary/aromatic N) is 5. The number of aromatic nitrogens is 4. The van der Waals surface area contributed by atoms with Gasteiger partial charge in [-0.1, -0.05) is 11.6 Å². The van der Waals surface area contributed by atoms with E-state index >= 15 is 0 Å². The molecule has 2 aliphatic heterocycles. The molecule has 0 radical (unpaired) electrons. The van der Waals surface area contributed by atoms with E-state index in [1.54, 1.807) is 31.9 Å². The van der Waals surface area contributed by atoms with Crippen LogP contribution in [0, 0.1) is 0 Å². The summed E-state index contributed by atoms with van der Waals surface area (Å²) in [7, 11) is 4.88. The van der Waals surface area contributed by atoms with Gasteiger partial charge in [-0.25, -0.2) is 15.0 Å². The standard InChI is InChI=1S/C19H26ClN5O4.CH5N/c1-15(2)27-17(4)16(3,14(26)24(7)8)29-19(6,18(17,5)28-15)25-10-23-11-12(20)21-9-22-13(11)25;1-2/h9-10H,1-8H3;2H2,1H3. The first-order valence-electron chi connectivity index (χ1n) is 9.96. The molecule has 4 heterocycles. The van der Waals surface area contributed by atoms with Gasteiger partial charge in [-0.2, -0.15) is 0 Å². The second-order valence-corrected chi connectivity index (χ2v) is 9.30. The molecule has 0 bridgehead atoms. The van der Waals surface area contributed by atoms with Gasteiger partial charge in [0.1, 0.15) is 23.0 Å². The van der Waals surface area contributed by atoms with E-state index in [4.69, 9.17) is 25.8 Å². The van der Waals surface area contributed by atoms with E-state index in [9.17, 15) is 4.79 Å². The quantitative estimate of drug-likeness (QED) is 0.683. The molecule has 2 aliphatic rings. The highest BCUT2D eigenvalue weighted by atomic mass is 35.5. The summed E-state index contributed by atoms with van der Waals surface area (Å²) in [4.78, 5) is 27.6. The average molecular weight is 455 g/mol. The summed E-state index contributed by atoms with van der Waals surface area (Å²) >= 11 is 6.20. The molecule has 0 aromatic carbocycles. The zero-order valence-corrected chi connectivity index (χ0v) is 20.2. The van der Waals surface area contributed by atoms with Gasteiger partial charge in [0.05, 0.1) is 6.33 Å². The van der Waals surface area contributed by atoms with Crippen molar-refractivity contribution >= 4 is 28.7 Å². The monoisotopic (exact) mass is 454 g/mol. The van der Waals surface area contributed by atoms with Crippen molar-refractivity contribution in [2.24, 2.45) is 5.73 Å². The SMILES string of the molecule is CN.CN(C)C(=O)C1(C)OC(C)(n2cnc3c(Cl)ncnc32)C2(C)OC(C)(C)OC12C. The predicted octanol–water partition coefficient (Wildman–Crippen LogP) is 1.90. The molecule has 0 aliphatic carbocycles. The topological polar surface area (TPSA) is 118 Å². The van der Waals surface area contributed by atoms with Crippen molar-refractivity contribution in [3.05, 3.63) is 17.8 Å². The fourth-order valence-electron chi connectivity index (χ4n) is 4.95. The Kier molecular flexibility index (Phi) is 5.43. The van der Waals surface area contributed by atoms with Crippen LogP contribution in [0.5, 0.6) is 0 Å². The van der Waals surface area contributed by atoms with Crippen LogP contribution in [0.2, 0.25) is 5.15 Å². The molecular weight excluding hydrogens is 424 g/mol. The molecule has 4 unspecified atom stereocenters. The number of amides is 1. The Morgan fingerprint density at radius 2 is 1.58 bits per heavy atom. The Morgan fingerprint density at radius 1 is 1.00 bits per heavy atom. The first-order valence-corrected chi connectivity index (χ1v) is 10.3. The summed E-state index contributed by atoms with van der Waals surface area (Å²) in [5.41, 5.74) is 0.687. The lowest BCUT2D eigenvalue weighted by atomic mass is 9.72. The van der Waals surface area contributed by atoms with Crippen LogP contribution in [0.25, 0.3) is 11.2 Å². The van der Waals surface area contributed by atoms with Gasteiger partial charge in [-0.05, 0) is 48.6 Å². The molecule has 0 spiro atoms. The minimum absolute atomic E-state index is 0.228. The largest absolute Gasteiger partial charge is 0.346 e. The van der Waals surface area contributed by atoms with Gasteiger partial charge in [0.25, 0.3) is 5.91 Å². The van der Waals surface area contributed by atoms with E-state index in [2.05, 4.69) is 20.7 Å². The third-order valence-corrected chi connectivity index (χ3v) is 6.85. The number of hydrogen-bond donors (Lipinski definition) is 1. The van der Waals surface area contributed by atoms with Crippen molar-refractivity contribution < 1.29 is 19.0 Å². The van der Waals surface area contributed by atoms with E-state index in [-0.39, 0.29) is 11.1 Å². The van der Waals surface area contributed by atoms with Gasteiger partial charge in [-0.15, -0.1) is 0 Å². The summed E-state index contributed by atoms with van der Waals surface area (Å²) in [5.74, 6) is -1.17. The normalized spacial score (nSPS) is 36.1. The van der Waals surface area contributed by atoms with Gasteiger partial charge >= 0.3 is 0 Å². The Labute approximate surface area is 187 Å². The van der Waals surface area contributed by atoms with E-state index < -0.39 is 28.3 Å². The molecule has 2 fully saturated rings. The lowest BCUT2D eigenvalue weighted by molar-refractivity contribution is -0.268. The van der Waals surface area contributed by atoms with E-state index in [1.807, 2.05) is 34.6 Å². The number of carbonyl (C=O) groups is 1. The molecule has 2 N–H and O–H groups in total. The number of likely N-dealkylation sites (N-methyl/N-ethyl adjacent to an activating group) is 1. The van der Waals surface area contributed by atoms with Crippen molar-refractivity contribution in [2.75, 3.05) is 21.1 Å². The fraction of sp³-hybridized carbons (Fsp3) is 0.700. The Morgan fingerprint density at radius 3 is 2.16 bits per heavy atom. The maximum Gasteiger partial charge on any atom is 0.257 e. The third kappa shape index (κ3) is 2.85. The number of fused-ring (bicyclic) bond motifs is 2. The van der Waals surface area contributed by atoms with Crippen molar-refractivity contribution in [3.63, 3.8) is 0 Å². The number of hydrogen-bond acceptors (Lipinski definition) is 8. The van der Waals surface area contributed by atoms with Crippen LogP contribution in [-0.2, 0) is 24.7 Å². The maximum atomic E-state index is 13.3. The Bertz CT molecular complexity index is 1030. The minimum atomic E-state index is -1.35. The second kappa shape index (κ2) is 7.08. The lowest BCUT2D eigenvalue weighted by Crippen LogP contribution is -2.63. The molecule has 10 nitrogen and oxygen atoms in total. The molecule has 2 aromatic heterocycles. The Hall–Kier alpha value is -1.85. The molecule has 2 aromatic rings. The van der Waals surface area contributed by atoms with Crippen molar-refractivity contribution in [3.8, 4) is 0 Å². The van der Waals surface area contributed by atoms with Gasteiger partial charge < -0.3 is 24.8 Å². The van der Waals surface area contributed by atoms with Gasteiger partial charge in [0.15, 0.2) is 27.9 Å². The molecule has 31 heavy (non-hydrogen) atoms. The van der Waals surface area contributed by atoms with Crippen LogP contribution < -0.4 is 5.73 Å². The van der Waals surface area contributed by atoms with Crippen LogP contribution in [0.3, 0.4) is 0 Å². The highest BCUT2D eigenvalue weighted by Gasteiger charge is 2.82. The predicted molar refractivity (Wildman–Crippen MR) is 115 cm³/mol. The summed E-state index contributed by atoms with van der Waals surface area (Å²) < 4.78 is 21.2. The highest BCUT2D eigenvalue weighted by molar-refractivity contribution is 6.33. The summed E-state index contributed by atoms with van der Waals surface area (Å²) in [5, 5.41) is 0.235. The zero-order chi connectivity index (χ0) is 23.6. The first kappa shape index (κ1) is 23.8. The average Bonchev–Trinajstić information content (AvgIpc) is 3.24. The second-order valence-electron chi connectivity index (χ2n) is 8.94. The summed E-state index contributed by atoms with van der Waals surface area (Å²) in [6.07, 6.45) is 2.94. The van der Waals surface area contributed by atoms with E-state index in [1.165, 1.54) is 18.3 Å². The number of ether oxygens (including phenoxy) is 3. The van der Waals surface area contributed by atoms with E-state index in [0.717, 1.165) is 0 Å². The highest BCUT2D eigenvalue weighted by Crippen LogP contribution is 2.64. The molecular formula is C20H31ClN6O4. The molecule has 2 saturated heterocycles. The fourth-order valence-corrected chi connectivity index (χ4v) is 5.13. The smallest absolute Gasteiger partial charge is 0.257 e. The molecule has 4 rings (SSSR count). The number of halogens is 1. The van der Waals surface area contributed by atoms with Crippen molar-refractivity contribution in [2.45, 2.75) is 69.9 Å². The maximum absolute atomic E-state index is 13.3. The molecule has 172 valence electrons. The molecule has 11 heteroatoms. The molecule has 0 saturated carbocycles. The van der Waals surface area contributed by atoms with Crippen LogP contribution in [0.4, 0.5) is 0 Å². The van der Waals surface area contributed by atoms with Crippen LogP contribution >= 0.6 is 11.6 Å². The molecule has 4 atom stereocenters. The first-order chi connectivity index (χ1) is 14.2. The summed E-state index contributed by atoms with van der Waals surface area (Å²) in [6, 6.07) is 0. The Balaban J connectivity index is 0.00000132. The number of carbonyl (C=O) groups excluding carboxylic acids is 1. The zero-order valence-electron chi connectivity index (χ0n) is 19.5. The lowest BCUT2D eigenvalue weighted by Gasteiger charge is -2.41.